The van der Waals surface area contributed by atoms with Crippen molar-refractivity contribution < 1.29 is 0 Å². The van der Waals surface area contributed by atoms with Gasteiger partial charge in [-0.05, 0) is 120 Å². The molecule has 2 heterocycles. The maximum atomic E-state index is 5.10. The van der Waals surface area contributed by atoms with Crippen molar-refractivity contribution in [3.63, 3.8) is 0 Å². The number of nitrogens with zero attached hydrogens (tertiary/aromatic N) is 2. The minimum absolute atomic E-state index is 0.866. The van der Waals surface area contributed by atoms with Gasteiger partial charge in [-0.3, -0.25) is 4.98 Å². The molecule has 0 amide bonds. The standard InChI is InChI=1S/C46H32N2/c1-2-30-17-23-38-40(26-30)45(36-20-18-31-10-3-5-12-33(31)27-36)39-24-22-35(42-15-9-16-44(48-42)43-14-7-8-25-47-43)29-41(39)46(38)37-21-19-32-11-4-6-13-34(32)28-37/h3-29H,2H2,1H3. The van der Waals surface area contributed by atoms with Crippen LogP contribution in [-0.2, 0) is 6.42 Å². The molecule has 48 heavy (non-hydrogen) atoms. The molecule has 0 radical (unpaired) electrons. The molecule has 0 saturated carbocycles. The first kappa shape index (κ1) is 28.1. The van der Waals surface area contributed by atoms with Crippen LogP contribution in [0.15, 0.2) is 164 Å². The second kappa shape index (κ2) is 11.6. The first-order valence-corrected chi connectivity index (χ1v) is 16.6. The van der Waals surface area contributed by atoms with E-state index in [9.17, 15) is 0 Å². The first-order valence-electron chi connectivity index (χ1n) is 16.6. The third-order valence-corrected chi connectivity index (χ3v) is 9.64. The Morgan fingerprint density at radius 1 is 0.396 bits per heavy atom. The van der Waals surface area contributed by atoms with Crippen molar-refractivity contribution >= 4 is 43.1 Å². The number of fused-ring (bicyclic) bond motifs is 4. The number of rotatable bonds is 5. The predicted molar refractivity (Wildman–Crippen MR) is 203 cm³/mol. The van der Waals surface area contributed by atoms with Crippen LogP contribution in [0.2, 0.25) is 0 Å². The summed E-state index contributed by atoms with van der Waals surface area (Å²) in [6.07, 6.45) is 2.80. The average molecular weight is 613 g/mol. The summed E-state index contributed by atoms with van der Waals surface area (Å²) in [4.78, 5) is 9.67. The van der Waals surface area contributed by atoms with Crippen molar-refractivity contribution in [2.75, 3.05) is 0 Å². The number of benzene rings is 7. The van der Waals surface area contributed by atoms with E-state index in [1.165, 1.54) is 70.9 Å². The summed E-state index contributed by atoms with van der Waals surface area (Å²) >= 11 is 0. The monoisotopic (exact) mass is 612 g/mol. The van der Waals surface area contributed by atoms with Crippen LogP contribution >= 0.6 is 0 Å². The fourth-order valence-electron chi connectivity index (χ4n) is 7.22. The van der Waals surface area contributed by atoms with Crippen LogP contribution < -0.4 is 0 Å². The smallest absolute Gasteiger partial charge is 0.0893 e. The van der Waals surface area contributed by atoms with Gasteiger partial charge in [-0.2, -0.15) is 0 Å². The highest BCUT2D eigenvalue weighted by atomic mass is 14.8. The molecule has 0 unspecified atom stereocenters. The van der Waals surface area contributed by atoms with E-state index in [1.807, 2.05) is 30.5 Å². The Labute approximate surface area is 280 Å². The lowest BCUT2D eigenvalue weighted by Crippen LogP contribution is -1.94. The Morgan fingerprint density at radius 3 is 1.60 bits per heavy atom. The molecule has 9 rings (SSSR count). The molecular weight excluding hydrogens is 581 g/mol. The van der Waals surface area contributed by atoms with Crippen molar-refractivity contribution in [3.8, 4) is 44.9 Å². The summed E-state index contributed by atoms with van der Waals surface area (Å²) in [5.41, 5.74) is 10.0. The van der Waals surface area contributed by atoms with Crippen LogP contribution in [0.3, 0.4) is 0 Å². The Balaban J connectivity index is 1.38. The van der Waals surface area contributed by atoms with Crippen LogP contribution in [-0.4, -0.2) is 9.97 Å². The molecule has 0 aliphatic carbocycles. The zero-order chi connectivity index (χ0) is 32.0. The van der Waals surface area contributed by atoms with E-state index in [4.69, 9.17) is 4.98 Å². The molecule has 0 fully saturated rings. The van der Waals surface area contributed by atoms with Crippen LogP contribution in [0.1, 0.15) is 12.5 Å². The number of aromatic nitrogens is 2. The molecule has 0 aliphatic heterocycles. The SMILES string of the molecule is CCc1ccc2c(-c3ccc4ccccc4c3)c3cc(-c4cccc(-c5ccccn5)n4)ccc3c(-c3ccc4ccccc4c3)c2c1. The van der Waals surface area contributed by atoms with E-state index in [2.05, 4.69) is 145 Å². The van der Waals surface area contributed by atoms with Crippen LogP contribution in [0, 0.1) is 0 Å². The highest BCUT2D eigenvalue weighted by Crippen LogP contribution is 2.46. The van der Waals surface area contributed by atoms with Gasteiger partial charge in [0.15, 0.2) is 0 Å². The van der Waals surface area contributed by atoms with Crippen LogP contribution in [0.5, 0.6) is 0 Å². The van der Waals surface area contributed by atoms with Gasteiger partial charge in [-0.1, -0.05) is 122 Å². The van der Waals surface area contributed by atoms with Crippen molar-refractivity contribution in [3.05, 3.63) is 169 Å². The molecule has 2 heteroatoms. The fourth-order valence-corrected chi connectivity index (χ4v) is 7.22. The molecule has 226 valence electrons. The van der Waals surface area contributed by atoms with E-state index >= 15 is 0 Å². The van der Waals surface area contributed by atoms with Gasteiger partial charge in [0, 0.05) is 11.8 Å². The van der Waals surface area contributed by atoms with Crippen LogP contribution in [0.4, 0.5) is 0 Å². The lowest BCUT2D eigenvalue weighted by atomic mass is 9.83. The summed E-state index contributed by atoms with van der Waals surface area (Å²) in [7, 11) is 0. The molecule has 0 atom stereocenters. The molecule has 0 bridgehead atoms. The molecule has 0 aliphatic rings. The summed E-state index contributed by atoms with van der Waals surface area (Å²) in [6, 6.07) is 57.1. The average Bonchev–Trinajstić information content (AvgIpc) is 3.16. The molecule has 0 saturated heterocycles. The molecule has 0 spiro atoms. The Kier molecular flexibility index (Phi) is 6.80. The van der Waals surface area contributed by atoms with E-state index in [0.717, 1.165) is 29.1 Å². The Bertz CT molecular complexity index is 2650. The largest absolute Gasteiger partial charge is 0.255 e. The summed E-state index contributed by atoms with van der Waals surface area (Å²) in [5, 5.41) is 9.96. The summed E-state index contributed by atoms with van der Waals surface area (Å²) in [6.45, 7) is 2.24. The van der Waals surface area contributed by atoms with Gasteiger partial charge >= 0.3 is 0 Å². The third-order valence-electron chi connectivity index (χ3n) is 9.64. The number of hydrogen-bond acceptors (Lipinski definition) is 2. The van der Waals surface area contributed by atoms with E-state index in [0.29, 0.717) is 0 Å². The van der Waals surface area contributed by atoms with Gasteiger partial charge in [0.25, 0.3) is 0 Å². The molecular formula is C46H32N2. The lowest BCUT2D eigenvalue weighted by Gasteiger charge is -2.20. The second-order valence-corrected chi connectivity index (χ2v) is 12.5. The molecule has 2 nitrogen and oxygen atoms in total. The molecule has 9 aromatic rings. The zero-order valence-corrected chi connectivity index (χ0v) is 26.7. The normalized spacial score (nSPS) is 11.5. The lowest BCUT2D eigenvalue weighted by molar-refractivity contribution is 1.15. The van der Waals surface area contributed by atoms with Crippen molar-refractivity contribution in [2.24, 2.45) is 0 Å². The van der Waals surface area contributed by atoms with Gasteiger partial charge in [-0.25, -0.2) is 4.98 Å². The van der Waals surface area contributed by atoms with Crippen molar-refractivity contribution in [1.29, 1.82) is 0 Å². The minimum atomic E-state index is 0.866. The molecule has 7 aromatic carbocycles. The van der Waals surface area contributed by atoms with Crippen molar-refractivity contribution in [1.82, 2.24) is 9.97 Å². The Morgan fingerprint density at radius 2 is 0.958 bits per heavy atom. The van der Waals surface area contributed by atoms with Crippen LogP contribution in [0.25, 0.3) is 88.0 Å². The minimum Gasteiger partial charge on any atom is -0.255 e. The maximum Gasteiger partial charge on any atom is 0.0893 e. The summed E-state index contributed by atoms with van der Waals surface area (Å²) in [5.74, 6) is 0. The van der Waals surface area contributed by atoms with E-state index in [1.54, 1.807) is 0 Å². The molecule has 2 aromatic heterocycles. The first-order chi connectivity index (χ1) is 23.7. The third kappa shape index (κ3) is 4.82. The number of aryl methyl sites for hydroxylation is 1. The van der Waals surface area contributed by atoms with Gasteiger partial charge < -0.3 is 0 Å². The Hall–Kier alpha value is -6.12. The highest BCUT2D eigenvalue weighted by molar-refractivity contribution is 6.22. The predicted octanol–water partition coefficient (Wildman–Crippen LogP) is 12.3. The second-order valence-electron chi connectivity index (χ2n) is 12.5. The number of pyridine rings is 2. The zero-order valence-electron chi connectivity index (χ0n) is 26.7. The van der Waals surface area contributed by atoms with Crippen molar-refractivity contribution in [2.45, 2.75) is 13.3 Å². The highest BCUT2D eigenvalue weighted by Gasteiger charge is 2.19. The van der Waals surface area contributed by atoms with Gasteiger partial charge in [0.05, 0.1) is 17.1 Å². The summed E-state index contributed by atoms with van der Waals surface area (Å²) < 4.78 is 0. The number of hydrogen-bond donors (Lipinski definition) is 0. The van der Waals surface area contributed by atoms with E-state index < -0.39 is 0 Å². The van der Waals surface area contributed by atoms with Gasteiger partial charge in [0.2, 0.25) is 0 Å². The van der Waals surface area contributed by atoms with Gasteiger partial charge in [0.1, 0.15) is 0 Å². The fraction of sp³-hybridized carbons (Fsp3) is 0.0435. The van der Waals surface area contributed by atoms with Gasteiger partial charge in [-0.15, -0.1) is 0 Å². The topological polar surface area (TPSA) is 25.8 Å². The maximum absolute atomic E-state index is 5.10. The molecule has 0 N–H and O–H groups in total. The van der Waals surface area contributed by atoms with E-state index in [-0.39, 0.29) is 0 Å². The quantitative estimate of drug-likeness (QED) is 0.181.